The first-order valence-electron chi connectivity index (χ1n) is 6.37. The van der Waals surface area contributed by atoms with Crippen LogP contribution in [-0.4, -0.2) is 11.5 Å². The third kappa shape index (κ3) is 3.55. The minimum Gasteiger partial charge on any atom is -0.383 e. The van der Waals surface area contributed by atoms with E-state index in [1.807, 2.05) is 43.3 Å². The Bertz CT molecular complexity index is 599. The lowest BCUT2D eigenvalue weighted by atomic mass is 10.1. The van der Waals surface area contributed by atoms with Crippen LogP contribution >= 0.6 is 0 Å². The smallest absolute Gasteiger partial charge is 0.271 e. The predicted molar refractivity (Wildman–Crippen MR) is 79.7 cm³/mol. The summed E-state index contributed by atoms with van der Waals surface area (Å²) in [6.07, 6.45) is 0. The Labute approximate surface area is 117 Å². The second kappa shape index (κ2) is 6.16. The van der Waals surface area contributed by atoms with Crippen molar-refractivity contribution in [3.05, 3.63) is 69.8 Å². The van der Waals surface area contributed by atoms with Crippen LogP contribution in [0.1, 0.15) is 17.2 Å². The fourth-order valence-electron chi connectivity index (χ4n) is 2.02. The molecule has 0 radical (unpaired) electrons. The number of non-ortho nitro benzene ring substituents is 1. The fourth-order valence-corrected chi connectivity index (χ4v) is 2.02. The summed E-state index contributed by atoms with van der Waals surface area (Å²) in [7, 11) is 0. The van der Waals surface area contributed by atoms with Crippen LogP contribution in [-0.2, 0) is 0 Å². The highest BCUT2D eigenvalue weighted by Gasteiger charge is 2.09. The van der Waals surface area contributed by atoms with Crippen molar-refractivity contribution in [1.82, 2.24) is 0 Å². The summed E-state index contributed by atoms with van der Waals surface area (Å²) in [5, 5.41) is 14.0. The number of rotatable bonds is 5. The van der Waals surface area contributed by atoms with Gasteiger partial charge < -0.3 is 11.1 Å². The summed E-state index contributed by atoms with van der Waals surface area (Å²) in [4.78, 5) is 10.4. The summed E-state index contributed by atoms with van der Waals surface area (Å²) < 4.78 is 0. The van der Waals surface area contributed by atoms with E-state index >= 15 is 0 Å². The average molecular weight is 271 g/mol. The zero-order valence-electron chi connectivity index (χ0n) is 11.2. The van der Waals surface area contributed by atoms with Gasteiger partial charge in [0, 0.05) is 30.4 Å². The number of nitrogens with one attached hydrogen (secondary N) is 1. The number of aryl methyl sites for hydroxylation is 1. The third-order valence-corrected chi connectivity index (χ3v) is 3.03. The molecule has 2 aromatic rings. The van der Waals surface area contributed by atoms with Crippen LogP contribution in [0, 0.1) is 17.0 Å². The number of nitro groups is 1. The van der Waals surface area contributed by atoms with E-state index in [4.69, 9.17) is 5.73 Å². The largest absolute Gasteiger partial charge is 0.383 e. The Kier molecular flexibility index (Phi) is 4.32. The molecule has 5 heteroatoms. The van der Waals surface area contributed by atoms with Crippen molar-refractivity contribution in [2.75, 3.05) is 11.9 Å². The molecule has 5 nitrogen and oxygen atoms in total. The minimum atomic E-state index is -0.394. The first-order chi connectivity index (χ1) is 9.56. The van der Waals surface area contributed by atoms with Gasteiger partial charge in [-0.05, 0) is 24.1 Å². The van der Waals surface area contributed by atoms with Crippen molar-refractivity contribution >= 4 is 11.4 Å². The molecule has 0 aliphatic carbocycles. The number of hydrogen-bond acceptors (Lipinski definition) is 4. The molecule has 1 atom stereocenters. The maximum absolute atomic E-state index is 10.8. The van der Waals surface area contributed by atoms with E-state index in [9.17, 15) is 10.1 Å². The van der Waals surface area contributed by atoms with Crippen LogP contribution in [0.5, 0.6) is 0 Å². The van der Waals surface area contributed by atoms with Crippen LogP contribution < -0.4 is 11.1 Å². The molecular weight excluding hydrogens is 254 g/mol. The molecule has 0 heterocycles. The Morgan fingerprint density at radius 1 is 1.25 bits per heavy atom. The van der Waals surface area contributed by atoms with Gasteiger partial charge in [0.05, 0.1) is 4.92 Å². The Hall–Kier alpha value is -2.40. The Balaban J connectivity index is 2.06. The minimum absolute atomic E-state index is 0.0841. The molecule has 0 aliphatic rings. The molecule has 2 rings (SSSR count). The first-order valence-corrected chi connectivity index (χ1v) is 6.37. The number of nitrogens with zero attached hydrogens (tertiary/aromatic N) is 1. The van der Waals surface area contributed by atoms with E-state index in [0.717, 1.165) is 11.1 Å². The maximum Gasteiger partial charge on any atom is 0.271 e. The van der Waals surface area contributed by atoms with Crippen LogP contribution in [0.4, 0.5) is 11.4 Å². The summed E-state index contributed by atoms with van der Waals surface area (Å²) in [5.41, 5.74) is 8.75. The second-order valence-electron chi connectivity index (χ2n) is 4.71. The van der Waals surface area contributed by atoms with E-state index in [2.05, 4.69) is 5.32 Å². The lowest BCUT2D eigenvalue weighted by molar-refractivity contribution is -0.384. The topological polar surface area (TPSA) is 81.2 Å². The van der Waals surface area contributed by atoms with E-state index in [1.54, 1.807) is 6.07 Å². The Morgan fingerprint density at radius 2 is 1.95 bits per heavy atom. The third-order valence-electron chi connectivity index (χ3n) is 3.03. The zero-order valence-corrected chi connectivity index (χ0v) is 11.2. The highest BCUT2D eigenvalue weighted by atomic mass is 16.6. The summed E-state index contributed by atoms with van der Waals surface area (Å²) in [6.45, 7) is 2.35. The monoisotopic (exact) mass is 271 g/mol. The van der Waals surface area contributed by atoms with E-state index in [-0.39, 0.29) is 11.7 Å². The van der Waals surface area contributed by atoms with Gasteiger partial charge >= 0.3 is 0 Å². The molecule has 0 bridgehead atoms. The molecule has 104 valence electrons. The van der Waals surface area contributed by atoms with Crippen LogP contribution in [0.25, 0.3) is 0 Å². The molecule has 0 saturated heterocycles. The van der Waals surface area contributed by atoms with Gasteiger partial charge in [-0.25, -0.2) is 0 Å². The van der Waals surface area contributed by atoms with Gasteiger partial charge in [-0.15, -0.1) is 0 Å². The number of nitrogens with two attached hydrogens (primary N) is 1. The normalized spacial score (nSPS) is 11.9. The number of anilines is 1. The molecular formula is C15H17N3O2. The van der Waals surface area contributed by atoms with Crippen molar-refractivity contribution in [3.8, 4) is 0 Å². The maximum atomic E-state index is 10.8. The highest BCUT2D eigenvalue weighted by Crippen LogP contribution is 2.21. The quantitative estimate of drug-likeness (QED) is 0.647. The zero-order chi connectivity index (χ0) is 14.5. The van der Waals surface area contributed by atoms with Crippen LogP contribution in [0.15, 0.2) is 48.5 Å². The second-order valence-corrected chi connectivity index (χ2v) is 4.71. The molecule has 0 aliphatic heterocycles. The van der Waals surface area contributed by atoms with Crippen LogP contribution in [0.3, 0.4) is 0 Å². The number of hydrogen-bond donors (Lipinski definition) is 2. The molecule has 0 fully saturated rings. The van der Waals surface area contributed by atoms with E-state index < -0.39 is 4.92 Å². The van der Waals surface area contributed by atoms with Gasteiger partial charge in [-0.1, -0.05) is 30.3 Å². The van der Waals surface area contributed by atoms with Crippen molar-refractivity contribution < 1.29 is 4.92 Å². The lowest BCUT2D eigenvalue weighted by Crippen LogP contribution is -2.20. The molecule has 3 N–H and O–H groups in total. The van der Waals surface area contributed by atoms with Gasteiger partial charge in [-0.3, -0.25) is 10.1 Å². The SMILES string of the molecule is Cc1cc(NCC(N)c2ccccc2)cc([N+](=O)[O-])c1. The molecule has 2 aromatic carbocycles. The van der Waals surface area contributed by atoms with Crippen molar-refractivity contribution in [3.63, 3.8) is 0 Å². The standard InChI is InChI=1S/C15H17N3O2/c1-11-7-13(9-14(8-11)18(19)20)17-10-15(16)12-5-3-2-4-6-12/h2-9,15,17H,10,16H2,1H3. The number of benzene rings is 2. The fraction of sp³-hybridized carbons (Fsp3) is 0.200. The first kappa shape index (κ1) is 14.0. The summed E-state index contributed by atoms with van der Waals surface area (Å²) >= 11 is 0. The Morgan fingerprint density at radius 3 is 2.60 bits per heavy atom. The number of nitro benzene ring substituents is 1. The summed E-state index contributed by atoms with van der Waals surface area (Å²) in [5.74, 6) is 0. The van der Waals surface area contributed by atoms with Gasteiger partial charge in [-0.2, -0.15) is 0 Å². The lowest BCUT2D eigenvalue weighted by Gasteiger charge is -2.14. The van der Waals surface area contributed by atoms with Gasteiger partial charge in [0.2, 0.25) is 0 Å². The molecule has 0 amide bonds. The molecule has 0 saturated carbocycles. The van der Waals surface area contributed by atoms with Gasteiger partial charge in [0.25, 0.3) is 5.69 Å². The molecule has 20 heavy (non-hydrogen) atoms. The van der Waals surface area contributed by atoms with Gasteiger partial charge in [0.1, 0.15) is 0 Å². The van der Waals surface area contributed by atoms with Gasteiger partial charge in [0.15, 0.2) is 0 Å². The predicted octanol–water partition coefficient (Wildman–Crippen LogP) is 3.02. The highest BCUT2D eigenvalue weighted by molar-refractivity contribution is 5.54. The summed E-state index contributed by atoms with van der Waals surface area (Å²) in [6, 6.07) is 14.5. The molecule has 1 unspecified atom stereocenters. The molecule has 0 spiro atoms. The van der Waals surface area contributed by atoms with E-state index in [0.29, 0.717) is 12.2 Å². The van der Waals surface area contributed by atoms with Crippen molar-refractivity contribution in [1.29, 1.82) is 0 Å². The van der Waals surface area contributed by atoms with Crippen molar-refractivity contribution in [2.45, 2.75) is 13.0 Å². The molecule has 0 aromatic heterocycles. The van der Waals surface area contributed by atoms with Crippen LogP contribution in [0.2, 0.25) is 0 Å². The van der Waals surface area contributed by atoms with Crippen molar-refractivity contribution in [2.24, 2.45) is 5.73 Å². The van der Waals surface area contributed by atoms with E-state index in [1.165, 1.54) is 6.07 Å². The average Bonchev–Trinajstić information content (AvgIpc) is 2.45.